The van der Waals surface area contributed by atoms with E-state index in [0.717, 1.165) is 15.7 Å². The smallest absolute Gasteiger partial charge is 0.221 e. The van der Waals surface area contributed by atoms with Crippen molar-refractivity contribution in [1.29, 1.82) is 0 Å². The molecule has 7 heteroatoms. The van der Waals surface area contributed by atoms with Gasteiger partial charge in [-0.2, -0.15) is 0 Å². The molecule has 0 fully saturated rings. The van der Waals surface area contributed by atoms with E-state index in [1.54, 1.807) is 7.11 Å². The van der Waals surface area contributed by atoms with Crippen LogP contribution < -0.4 is 16.4 Å². The zero-order valence-corrected chi connectivity index (χ0v) is 13.6. The SMILES string of the molecule is COCCNC(=O)CCNc1cccc(Br)c1C(N)=S. The number of hydrogen-bond acceptors (Lipinski definition) is 4. The Labute approximate surface area is 132 Å². The van der Waals surface area contributed by atoms with Gasteiger partial charge in [-0.15, -0.1) is 0 Å². The van der Waals surface area contributed by atoms with Gasteiger partial charge in [0.15, 0.2) is 0 Å². The number of methoxy groups -OCH3 is 1. The Morgan fingerprint density at radius 1 is 1.45 bits per heavy atom. The van der Waals surface area contributed by atoms with Crippen molar-refractivity contribution >= 4 is 44.7 Å². The summed E-state index contributed by atoms with van der Waals surface area (Å²) in [7, 11) is 1.60. The van der Waals surface area contributed by atoms with E-state index in [1.165, 1.54) is 0 Å². The molecule has 0 aliphatic heterocycles. The Balaban J connectivity index is 2.48. The molecule has 0 radical (unpaired) electrons. The highest BCUT2D eigenvalue weighted by atomic mass is 79.9. The highest BCUT2D eigenvalue weighted by Gasteiger charge is 2.09. The zero-order chi connectivity index (χ0) is 15.0. The molecule has 110 valence electrons. The summed E-state index contributed by atoms with van der Waals surface area (Å²) in [5.74, 6) is -0.0265. The first-order chi connectivity index (χ1) is 9.56. The molecule has 0 aromatic heterocycles. The predicted molar refractivity (Wildman–Crippen MR) is 88.0 cm³/mol. The topological polar surface area (TPSA) is 76.4 Å². The molecule has 1 rings (SSSR count). The lowest BCUT2D eigenvalue weighted by molar-refractivity contribution is -0.121. The highest BCUT2D eigenvalue weighted by Crippen LogP contribution is 2.24. The second kappa shape index (κ2) is 8.89. The number of carbonyl (C=O) groups excluding carboxylic acids is 1. The van der Waals surface area contributed by atoms with Gasteiger partial charge >= 0.3 is 0 Å². The molecule has 0 bridgehead atoms. The molecule has 0 atom stereocenters. The van der Waals surface area contributed by atoms with E-state index in [4.69, 9.17) is 22.7 Å². The van der Waals surface area contributed by atoms with Crippen molar-refractivity contribution in [3.63, 3.8) is 0 Å². The third-order valence-corrected chi connectivity index (χ3v) is 3.42. The second-order valence-electron chi connectivity index (χ2n) is 4.05. The molecule has 0 aliphatic carbocycles. The number of benzene rings is 1. The first kappa shape index (κ1) is 16.9. The van der Waals surface area contributed by atoms with E-state index in [-0.39, 0.29) is 5.91 Å². The Hall–Kier alpha value is -1.18. The van der Waals surface area contributed by atoms with Crippen molar-refractivity contribution in [1.82, 2.24) is 5.32 Å². The molecule has 1 amide bonds. The standard InChI is InChI=1S/C13H18BrN3O2S/c1-19-8-7-17-11(18)5-6-16-10-4-2-3-9(14)12(10)13(15)20/h2-4,16H,5-8H2,1H3,(H2,15,20)(H,17,18). The van der Waals surface area contributed by atoms with Crippen LogP contribution in [0.4, 0.5) is 5.69 Å². The number of amides is 1. The normalized spacial score (nSPS) is 10.1. The molecule has 0 saturated heterocycles. The molecule has 0 saturated carbocycles. The fraction of sp³-hybridized carbons (Fsp3) is 0.385. The summed E-state index contributed by atoms with van der Waals surface area (Å²) in [6.45, 7) is 1.53. The van der Waals surface area contributed by atoms with Gasteiger partial charge in [-0.1, -0.05) is 18.3 Å². The van der Waals surface area contributed by atoms with Crippen molar-refractivity contribution in [2.75, 3.05) is 32.1 Å². The number of ether oxygens (including phenoxy) is 1. The molecular formula is C13H18BrN3O2S. The van der Waals surface area contributed by atoms with E-state index in [1.807, 2.05) is 18.2 Å². The minimum absolute atomic E-state index is 0.0265. The van der Waals surface area contributed by atoms with Gasteiger partial charge < -0.3 is 21.1 Å². The molecule has 5 nitrogen and oxygen atoms in total. The fourth-order valence-corrected chi connectivity index (χ4v) is 2.54. The Morgan fingerprint density at radius 3 is 2.85 bits per heavy atom. The largest absolute Gasteiger partial charge is 0.389 e. The Morgan fingerprint density at radius 2 is 2.20 bits per heavy atom. The molecular weight excluding hydrogens is 342 g/mol. The van der Waals surface area contributed by atoms with Crippen LogP contribution in [0.3, 0.4) is 0 Å². The van der Waals surface area contributed by atoms with Crippen LogP contribution in [0.1, 0.15) is 12.0 Å². The third kappa shape index (κ3) is 5.44. The van der Waals surface area contributed by atoms with Gasteiger partial charge in [0, 0.05) is 42.3 Å². The molecule has 0 aliphatic rings. The first-order valence-electron chi connectivity index (χ1n) is 6.14. The minimum atomic E-state index is -0.0265. The number of thiocarbonyl (C=S) groups is 1. The Kier molecular flexibility index (Phi) is 7.50. The molecule has 0 unspecified atom stereocenters. The summed E-state index contributed by atoms with van der Waals surface area (Å²) in [5.41, 5.74) is 7.26. The number of anilines is 1. The Bertz CT molecular complexity index is 483. The van der Waals surface area contributed by atoms with E-state index in [0.29, 0.717) is 31.1 Å². The van der Waals surface area contributed by atoms with Gasteiger partial charge in [0.1, 0.15) is 4.99 Å². The summed E-state index contributed by atoms with van der Waals surface area (Å²) in [5, 5.41) is 5.92. The number of nitrogens with one attached hydrogen (secondary N) is 2. The van der Waals surface area contributed by atoms with Crippen molar-refractivity contribution in [3.8, 4) is 0 Å². The van der Waals surface area contributed by atoms with Crippen LogP contribution in [0, 0.1) is 0 Å². The van der Waals surface area contributed by atoms with Gasteiger partial charge in [0.25, 0.3) is 0 Å². The quantitative estimate of drug-likeness (QED) is 0.486. The summed E-state index contributed by atoms with van der Waals surface area (Å²) < 4.78 is 5.69. The van der Waals surface area contributed by atoms with E-state index < -0.39 is 0 Å². The summed E-state index contributed by atoms with van der Waals surface area (Å²) in [4.78, 5) is 11.8. The molecule has 20 heavy (non-hydrogen) atoms. The zero-order valence-electron chi connectivity index (χ0n) is 11.2. The lowest BCUT2D eigenvalue weighted by Gasteiger charge is -2.12. The summed E-state index contributed by atoms with van der Waals surface area (Å²) in [6, 6.07) is 5.63. The maximum absolute atomic E-state index is 11.5. The van der Waals surface area contributed by atoms with Gasteiger partial charge in [-0.3, -0.25) is 4.79 Å². The van der Waals surface area contributed by atoms with Crippen LogP contribution in [-0.4, -0.2) is 37.7 Å². The van der Waals surface area contributed by atoms with Crippen LogP contribution >= 0.6 is 28.1 Å². The van der Waals surface area contributed by atoms with Crippen molar-refractivity contribution in [2.24, 2.45) is 5.73 Å². The summed E-state index contributed by atoms with van der Waals surface area (Å²) in [6.07, 6.45) is 0.368. The maximum Gasteiger partial charge on any atom is 0.221 e. The van der Waals surface area contributed by atoms with Crippen LogP contribution in [-0.2, 0) is 9.53 Å². The van der Waals surface area contributed by atoms with Gasteiger partial charge in [-0.25, -0.2) is 0 Å². The van der Waals surface area contributed by atoms with Gasteiger partial charge in [-0.05, 0) is 28.1 Å². The average Bonchev–Trinajstić information content (AvgIpc) is 2.38. The number of rotatable bonds is 8. The molecule has 1 aromatic rings. The van der Waals surface area contributed by atoms with Crippen molar-refractivity contribution in [3.05, 3.63) is 28.2 Å². The monoisotopic (exact) mass is 359 g/mol. The van der Waals surface area contributed by atoms with Crippen molar-refractivity contribution in [2.45, 2.75) is 6.42 Å². The number of carbonyl (C=O) groups is 1. The highest BCUT2D eigenvalue weighted by molar-refractivity contribution is 9.10. The summed E-state index contributed by atoms with van der Waals surface area (Å²) >= 11 is 8.43. The minimum Gasteiger partial charge on any atom is -0.389 e. The third-order valence-electron chi connectivity index (χ3n) is 2.56. The van der Waals surface area contributed by atoms with E-state index in [2.05, 4.69) is 26.6 Å². The van der Waals surface area contributed by atoms with Crippen molar-refractivity contribution < 1.29 is 9.53 Å². The lowest BCUT2D eigenvalue weighted by atomic mass is 10.1. The first-order valence-corrected chi connectivity index (χ1v) is 7.34. The maximum atomic E-state index is 11.5. The molecule has 4 N–H and O–H groups in total. The molecule has 0 spiro atoms. The van der Waals surface area contributed by atoms with Crippen LogP contribution in [0.25, 0.3) is 0 Å². The lowest BCUT2D eigenvalue weighted by Crippen LogP contribution is -2.28. The second-order valence-corrected chi connectivity index (χ2v) is 5.34. The number of halogens is 1. The van der Waals surface area contributed by atoms with Gasteiger partial charge in [0.2, 0.25) is 5.91 Å². The van der Waals surface area contributed by atoms with E-state index >= 15 is 0 Å². The van der Waals surface area contributed by atoms with Crippen LogP contribution in [0.5, 0.6) is 0 Å². The van der Waals surface area contributed by atoms with Crippen LogP contribution in [0.15, 0.2) is 22.7 Å². The van der Waals surface area contributed by atoms with Crippen LogP contribution in [0.2, 0.25) is 0 Å². The number of hydrogen-bond donors (Lipinski definition) is 3. The molecule has 0 heterocycles. The predicted octanol–water partition coefficient (Wildman–Crippen LogP) is 1.65. The van der Waals surface area contributed by atoms with Gasteiger partial charge in [0.05, 0.1) is 6.61 Å². The van der Waals surface area contributed by atoms with E-state index in [9.17, 15) is 4.79 Å². The average molecular weight is 360 g/mol. The molecule has 1 aromatic carbocycles. The number of nitrogens with two attached hydrogens (primary N) is 1. The fourth-order valence-electron chi connectivity index (χ4n) is 1.61.